The van der Waals surface area contributed by atoms with E-state index in [2.05, 4.69) is 27.0 Å². The summed E-state index contributed by atoms with van der Waals surface area (Å²) >= 11 is 0. The van der Waals surface area contributed by atoms with E-state index < -0.39 is 28.9 Å². The van der Waals surface area contributed by atoms with E-state index in [4.69, 9.17) is 10.1 Å². The number of amides is 2. The smallest absolute Gasteiger partial charge is 0.240 e. The van der Waals surface area contributed by atoms with Crippen LogP contribution in [0.25, 0.3) is 16.9 Å². The summed E-state index contributed by atoms with van der Waals surface area (Å²) in [5.41, 5.74) is 2.68. The average molecular weight is 584 g/mol. The van der Waals surface area contributed by atoms with E-state index in [1.807, 2.05) is 31.2 Å². The van der Waals surface area contributed by atoms with Gasteiger partial charge in [-0.15, -0.1) is 0 Å². The Kier molecular flexibility index (Phi) is 8.77. The molecule has 1 heterocycles. The number of hydrogen-bond donors (Lipinski definition) is 5. The molecule has 220 valence electrons. The van der Waals surface area contributed by atoms with Gasteiger partial charge in [0.25, 0.3) is 0 Å². The zero-order valence-corrected chi connectivity index (χ0v) is 23.5. The van der Waals surface area contributed by atoms with Crippen molar-refractivity contribution < 1.29 is 23.1 Å². The maximum atomic E-state index is 15.2. The number of aromatic nitrogens is 1. The topological polar surface area (TPSA) is 119 Å². The van der Waals surface area contributed by atoms with Crippen molar-refractivity contribution in [3.05, 3.63) is 108 Å². The molecular weight excluding hydrogens is 552 g/mol. The highest BCUT2D eigenvalue weighted by molar-refractivity contribution is 6.16. The number of allylic oxidation sites excluding steroid dienone is 1. The molecule has 10 heteroatoms. The third-order valence-corrected chi connectivity index (χ3v) is 7.18. The Morgan fingerprint density at radius 1 is 0.977 bits per heavy atom. The van der Waals surface area contributed by atoms with Gasteiger partial charge in [0.15, 0.2) is 17.3 Å². The Balaban J connectivity index is 1.29. The van der Waals surface area contributed by atoms with Crippen LogP contribution in [0.3, 0.4) is 0 Å². The van der Waals surface area contributed by atoms with Crippen LogP contribution in [-0.4, -0.2) is 29.6 Å². The largest absolute Gasteiger partial charge is 0.452 e. The van der Waals surface area contributed by atoms with Crippen molar-refractivity contribution in [2.45, 2.75) is 26.3 Å². The number of benzene rings is 3. The summed E-state index contributed by atoms with van der Waals surface area (Å²) in [5, 5.41) is 16.2. The summed E-state index contributed by atoms with van der Waals surface area (Å²) in [5.74, 6) is -2.12. The molecule has 1 aliphatic rings. The van der Waals surface area contributed by atoms with E-state index in [1.54, 1.807) is 6.20 Å². The van der Waals surface area contributed by atoms with E-state index in [1.165, 1.54) is 42.5 Å². The number of carbonyl (C=O) groups is 2. The predicted molar refractivity (Wildman–Crippen MR) is 163 cm³/mol. The molecule has 1 saturated carbocycles. The van der Waals surface area contributed by atoms with E-state index in [0.717, 1.165) is 42.1 Å². The Labute approximate surface area is 247 Å². The highest BCUT2D eigenvalue weighted by Crippen LogP contribution is 2.47. The van der Waals surface area contributed by atoms with Crippen LogP contribution < -0.4 is 20.7 Å². The molecule has 1 fully saturated rings. The van der Waals surface area contributed by atoms with Gasteiger partial charge in [-0.25, -0.2) is 8.78 Å². The minimum atomic E-state index is -1.28. The molecule has 0 radical (unpaired) electrons. The van der Waals surface area contributed by atoms with Crippen LogP contribution in [0.4, 0.5) is 20.2 Å². The summed E-state index contributed by atoms with van der Waals surface area (Å²) in [6.45, 7) is 3.61. The molecule has 0 atom stereocenters. The third-order valence-electron chi connectivity index (χ3n) is 7.18. The second-order valence-corrected chi connectivity index (χ2v) is 10.2. The number of hydrogen-bond acceptors (Lipinski definition) is 5. The van der Waals surface area contributed by atoms with Crippen molar-refractivity contribution in [2.75, 3.05) is 17.2 Å². The molecule has 5 rings (SSSR count). The van der Waals surface area contributed by atoms with Crippen molar-refractivity contribution >= 4 is 35.2 Å². The first kappa shape index (κ1) is 29.4. The van der Waals surface area contributed by atoms with Gasteiger partial charge in [-0.2, -0.15) is 0 Å². The quantitative estimate of drug-likeness (QED) is 0.0744. The molecule has 0 unspecified atom stereocenters. The first-order valence-corrected chi connectivity index (χ1v) is 13.9. The molecule has 5 N–H and O–H groups in total. The van der Waals surface area contributed by atoms with Crippen molar-refractivity contribution in [2.24, 2.45) is 5.41 Å². The van der Waals surface area contributed by atoms with Crippen LogP contribution in [0, 0.1) is 22.5 Å². The molecular formula is C33H31F2N5O3. The highest BCUT2D eigenvalue weighted by Gasteiger charge is 2.56. The van der Waals surface area contributed by atoms with Crippen LogP contribution in [0.2, 0.25) is 0 Å². The number of H-pyrrole nitrogens is 1. The van der Waals surface area contributed by atoms with Gasteiger partial charge in [0.05, 0.1) is 5.69 Å². The molecule has 0 spiro atoms. The van der Waals surface area contributed by atoms with Crippen LogP contribution in [0.1, 0.15) is 31.0 Å². The Morgan fingerprint density at radius 2 is 1.70 bits per heavy atom. The van der Waals surface area contributed by atoms with E-state index in [9.17, 15) is 14.0 Å². The fourth-order valence-corrected chi connectivity index (χ4v) is 4.67. The number of anilines is 2. The highest BCUT2D eigenvalue weighted by atomic mass is 19.1. The number of ether oxygens (including phenoxy) is 1. The number of aromatic amines is 1. The monoisotopic (exact) mass is 583 g/mol. The second-order valence-electron chi connectivity index (χ2n) is 10.2. The lowest BCUT2D eigenvalue weighted by Crippen LogP contribution is -2.35. The fourth-order valence-electron chi connectivity index (χ4n) is 4.67. The Morgan fingerprint density at radius 3 is 2.37 bits per heavy atom. The fraction of sp³-hybridized carbons (Fsp3) is 0.182. The molecule has 8 nitrogen and oxygen atoms in total. The van der Waals surface area contributed by atoms with Gasteiger partial charge >= 0.3 is 0 Å². The Bertz CT molecular complexity index is 1680. The van der Waals surface area contributed by atoms with Gasteiger partial charge in [-0.3, -0.25) is 9.59 Å². The van der Waals surface area contributed by atoms with Gasteiger partial charge in [0.2, 0.25) is 11.8 Å². The summed E-state index contributed by atoms with van der Waals surface area (Å²) in [4.78, 5) is 29.0. The molecule has 1 aromatic heterocycles. The van der Waals surface area contributed by atoms with Crippen molar-refractivity contribution in [3.63, 3.8) is 0 Å². The van der Waals surface area contributed by atoms with Gasteiger partial charge in [-0.05, 0) is 79.0 Å². The van der Waals surface area contributed by atoms with Crippen molar-refractivity contribution in [3.8, 4) is 16.9 Å². The maximum Gasteiger partial charge on any atom is 0.240 e. The summed E-state index contributed by atoms with van der Waals surface area (Å²) in [6.07, 6.45) is 4.90. The normalized spacial score (nSPS) is 13.7. The zero-order chi connectivity index (χ0) is 30.4. The molecule has 0 bridgehead atoms. The van der Waals surface area contributed by atoms with Gasteiger partial charge in [-0.1, -0.05) is 25.1 Å². The van der Waals surface area contributed by atoms with Crippen molar-refractivity contribution in [1.29, 1.82) is 5.41 Å². The lowest BCUT2D eigenvalue weighted by atomic mass is 10.0. The Hall–Kier alpha value is -5.09. The number of carbonyl (C=O) groups excluding carboxylic acids is 2. The molecule has 43 heavy (non-hydrogen) atoms. The van der Waals surface area contributed by atoms with E-state index >= 15 is 4.39 Å². The number of rotatable bonds is 12. The summed E-state index contributed by atoms with van der Waals surface area (Å²) in [6, 6.07) is 19.1. The van der Waals surface area contributed by atoms with Gasteiger partial charge < -0.3 is 31.1 Å². The second kappa shape index (κ2) is 12.8. The van der Waals surface area contributed by atoms with Gasteiger partial charge in [0, 0.05) is 48.0 Å². The molecule has 4 aromatic rings. The predicted octanol–water partition coefficient (Wildman–Crippen LogP) is 6.50. The van der Waals surface area contributed by atoms with Crippen LogP contribution in [0.5, 0.6) is 5.75 Å². The molecule has 2 amide bonds. The van der Waals surface area contributed by atoms with Crippen LogP contribution in [0.15, 0.2) is 85.1 Å². The number of halogens is 2. The zero-order valence-electron chi connectivity index (χ0n) is 23.5. The number of nitrogens with one attached hydrogen (secondary N) is 5. The maximum absolute atomic E-state index is 15.2. The van der Waals surface area contributed by atoms with Crippen LogP contribution >= 0.6 is 0 Å². The standard InChI is InChI=1S/C33H31F2N5O3/c1-2-37-20-21-4-3-5-22(18-21)26-13-17-38-30(26)29(12-16-36)43-28-11-10-25(19-27(28)35)40-32(42)33(14-15-33)31(41)39-24-8-6-23(34)7-9-24/h3-13,16-19,36-38H,2,14-15,20H2,1H3,(H,39,41)(H,40,42)/b29-12+,36-16?. The van der Waals surface area contributed by atoms with E-state index in [-0.39, 0.29) is 17.2 Å². The van der Waals surface area contributed by atoms with Gasteiger partial charge in [0.1, 0.15) is 11.2 Å². The first-order valence-electron chi connectivity index (χ1n) is 13.9. The van der Waals surface area contributed by atoms with E-state index in [0.29, 0.717) is 24.2 Å². The van der Waals surface area contributed by atoms with Crippen molar-refractivity contribution in [1.82, 2.24) is 10.3 Å². The summed E-state index contributed by atoms with van der Waals surface area (Å²) < 4.78 is 34.4. The lowest BCUT2D eigenvalue weighted by molar-refractivity contribution is -0.131. The first-order chi connectivity index (χ1) is 20.8. The van der Waals surface area contributed by atoms with Crippen LogP contribution in [-0.2, 0) is 16.1 Å². The summed E-state index contributed by atoms with van der Waals surface area (Å²) in [7, 11) is 0. The minimum Gasteiger partial charge on any atom is -0.452 e. The minimum absolute atomic E-state index is 0.109. The molecule has 0 aliphatic heterocycles. The molecule has 0 saturated heterocycles. The molecule has 3 aromatic carbocycles. The average Bonchev–Trinajstić information content (AvgIpc) is 3.68. The molecule has 1 aliphatic carbocycles. The SMILES string of the molecule is CCNCc1cccc(-c2cc[nH]c2/C(=C\C=N)Oc2ccc(NC(=O)C3(C(=O)Nc4ccc(F)cc4)CC3)cc2F)c1. The third kappa shape index (κ3) is 6.70. The lowest BCUT2D eigenvalue weighted by Gasteiger charge is -2.16.